The molecule has 0 bridgehead atoms. The second-order valence-electron chi connectivity index (χ2n) is 6.52. The second kappa shape index (κ2) is 6.37. The summed E-state index contributed by atoms with van der Waals surface area (Å²) in [5.74, 6) is 0. The maximum Gasteiger partial charge on any atom is 0.115 e. The Morgan fingerprint density at radius 1 is 1.20 bits per heavy atom. The standard InChI is InChI=1S/C19H19BrN4O/c1-19(15-4-3-9-21-11-15)10-18(23(2)25-19)14-5-7-17(8-6-14)24-13-16(20)12-22-24/h3-9,11-13,18H,10H2,1-2H3/t18-,19+/m1/s1. The molecule has 6 heteroatoms. The first-order chi connectivity index (χ1) is 12.0. The van der Waals surface area contributed by atoms with Crippen molar-refractivity contribution in [2.24, 2.45) is 0 Å². The first kappa shape index (κ1) is 16.4. The van der Waals surface area contributed by atoms with Gasteiger partial charge >= 0.3 is 0 Å². The number of hydrogen-bond donors (Lipinski definition) is 0. The van der Waals surface area contributed by atoms with Crippen LogP contribution in [0.5, 0.6) is 0 Å². The van der Waals surface area contributed by atoms with Gasteiger partial charge in [0.1, 0.15) is 5.60 Å². The first-order valence-corrected chi connectivity index (χ1v) is 8.97. The smallest absolute Gasteiger partial charge is 0.115 e. The van der Waals surface area contributed by atoms with Gasteiger partial charge in [-0.3, -0.25) is 9.82 Å². The summed E-state index contributed by atoms with van der Waals surface area (Å²) in [5, 5.41) is 6.27. The molecule has 128 valence electrons. The van der Waals surface area contributed by atoms with Crippen LogP contribution in [0, 0.1) is 0 Å². The molecule has 5 nitrogen and oxygen atoms in total. The molecular weight excluding hydrogens is 380 g/mol. The Bertz CT molecular complexity index is 865. The van der Waals surface area contributed by atoms with Gasteiger partial charge in [-0.1, -0.05) is 18.2 Å². The lowest BCUT2D eigenvalue weighted by molar-refractivity contribution is -0.188. The summed E-state index contributed by atoms with van der Waals surface area (Å²) in [6, 6.07) is 12.7. The van der Waals surface area contributed by atoms with Gasteiger partial charge in [0.25, 0.3) is 0 Å². The van der Waals surface area contributed by atoms with Crippen LogP contribution in [0.3, 0.4) is 0 Å². The molecule has 4 rings (SSSR count). The molecule has 0 aliphatic carbocycles. The number of nitrogens with zero attached hydrogens (tertiary/aromatic N) is 4. The van der Waals surface area contributed by atoms with Gasteiger partial charge in [-0.15, -0.1) is 0 Å². The zero-order valence-corrected chi connectivity index (χ0v) is 15.7. The fourth-order valence-electron chi connectivity index (χ4n) is 3.38. The van der Waals surface area contributed by atoms with Crippen LogP contribution in [-0.4, -0.2) is 26.9 Å². The van der Waals surface area contributed by atoms with Gasteiger partial charge in [-0.25, -0.2) is 4.68 Å². The highest BCUT2D eigenvalue weighted by Crippen LogP contribution is 2.44. The van der Waals surface area contributed by atoms with Crippen LogP contribution in [0.25, 0.3) is 5.69 Å². The van der Waals surface area contributed by atoms with Crippen molar-refractivity contribution in [2.75, 3.05) is 7.05 Å². The number of benzene rings is 1. The maximum atomic E-state index is 6.19. The number of aromatic nitrogens is 3. The van der Waals surface area contributed by atoms with Crippen molar-refractivity contribution >= 4 is 15.9 Å². The van der Waals surface area contributed by atoms with Crippen molar-refractivity contribution in [3.63, 3.8) is 0 Å². The molecule has 2 atom stereocenters. The molecule has 1 saturated heterocycles. The zero-order chi connectivity index (χ0) is 17.4. The monoisotopic (exact) mass is 398 g/mol. The van der Waals surface area contributed by atoms with Crippen LogP contribution < -0.4 is 0 Å². The van der Waals surface area contributed by atoms with Crippen molar-refractivity contribution < 1.29 is 4.84 Å². The number of rotatable bonds is 3. The van der Waals surface area contributed by atoms with E-state index in [1.807, 2.05) is 35.3 Å². The molecule has 0 radical (unpaired) electrons. The van der Waals surface area contributed by atoms with E-state index >= 15 is 0 Å². The number of halogens is 1. The Hall–Kier alpha value is -2.02. The van der Waals surface area contributed by atoms with Crippen LogP contribution in [0.15, 0.2) is 65.7 Å². The van der Waals surface area contributed by atoms with E-state index < -0.39 is 0 Å². The van der Waals surface area contributed by atoms with Gasteiger partial charge in [0, 0.05) is 37.6 Å². The highest BCUT2D eigenvalue weighted by molar-refractivity contribution is 9.10. The van der Waals surface area contributed by atoms with Crippen LogP contribution in [0.1, 0.15) is 30.5 Å². The third kappa shape index (κ3) is 3.13. The molecule has 25 heavy (non-hydrogen) atoms. The lowest BCUT2D eigenvalue weighted by Gasteiger charge is -2.23. The summed E-state index contributed by atoms with van der Waals surface area (Å²) < 4.78 is 2.82. The van der Waals surface area contributed by atoms with Gasteiger partial charge in [-0.05, 0) is 46.6 Å². The molecule has 1 aliphatic rings. The Morgan fingerprint density at radius 3 is 2.64 bits per heavy atom. The van der Waals surface area contributed by atoms with Crippen LogP contribution in [0.4, 0.5) is 0 Å². The molecule has 0 saturated carbocycles. The van der Waals surface area contributed by atoms with E-state index in [1.165, 1.54) is 5.56 Å². The van der Waals surface area contributed by atoms with E-state index in [0.717, 1.165) is 22.1 Å². The zero-order valence-electron chi connectivity index (χ0n) is 14.1. The third-order valence-electron chi connectivity index (χ3n) is 4.73. The minimum atomic E-state index is -0.362. The lowest BCUT2D eigenvalue weighted by atomic mass is 9.89. The van der Waals surface area contributed by atoms with E-state index in [-0.39, 0.29) is 11.6 Å². The normalized spacial score (nSPS) is 23.9. The molecule has 1 aliphatic heterocycles. The number of hydrogen-bond acceptors (Lipinski definition) is 4. The van der Waals surface area contributed by atoms with Gasteiger partial charge in [0.15, 0.2) is 0 Å². The summed E-state index contributed by atoms with van der Waals surface area (Å²) in [7, 11) is 1.99. The quantitative estimate of drug-likeness (QED) is 0.661. The van der Waals surface area contributed by atoms with Crippen molar-refractivity contribution in [3.8, 4) is 5.69 Å². The average Bonchev–Trinajstić information content (AvgIpc) is 3.20. The Labute approximate surface area is 155 Å². The molecule has 3 heterocycles. The molecule has 0 unspecified atom stereocenters. The highest BCUT2D eigenvalue weighted by Gasteiger charge is 2.42. The largest absolute Gasteiger partial charge is 0.287 e. The molecule has 3 aromatic rings. The molecule has 0 amide bonds. The average molecular weight is 399 g/mol. The Morgan fingerprint density at radius 2 is 2.00 bits per heavy atom. The van der Waals surface area contributed by atoms with Gasteiger partial charge in [0.2, 0.25) is 0 Å². The number of pyridine rings is 1. The van der Waals surface area contributed by atoms with Crippen molar-refractivity contribution in [1.82, 2.24) is 19.8 Å². The van der Waals surface area contributed by atoms with Gasteiger partial charge in [-0.2, -0.15) is 10.2 Å². The van der Waals surface area contributed by atoms with Gasteiger partial charge < -0.3 is 0 Å². The Kier molecular flexibility index (Phi) is 4.19. The lowest BCUT2D eigenvalue weighted by Crippen LogP contribution is -2.23. The molecule has 1 aromatic carbocycles. The summed E-state index contributed by atoms with van der Waals surface area (Å²) in [5.41, 5.74) is 3.00. The topological polar surface area (TPSA) is 43.2 Å². The van der Waals surface area contributed by atoms with E-state index in [9.17, 15) is 0 Å². The van der Waals surface area contributed by atoms with Crippen LogP contribution in [0.2, 0.25) is 0 Å². The Balaban J connectivity index is 1.58. The van der Waals surface area contributed by atoms with Crippen LogP contribution in [-0.2, 0) is 10.4 Å². The maximum absolute atomic E-state index is 6.19. The summed E-state index contributed by atoms with van der Waals surface area (Å²) in [6.45, 7) is 2.12. The van der Waals surface area contributed by atoms with Gasteiger partial charge in [0.05, 0.1) is 22.4 Å². The van der Waals surface area contributed by atoms with E-state index in [1.54, 1.807) is 12.4 Å². The highest BCUT2D eigenvalue weighted by atomic mass is 79.9. The summed E-state index contributed by atoms with van der Waals surface area (Å²) >= 11 is 3.43. The molecule has 1 fully saturated rings. The van der Waals surface area contributed by atoms with E-state index in [2.05, 4.69) is 63.3 Å². The minimum absolute atomic E-state index is 0.198. The molecule has 0 N–H and O–H groups in total. The minimum Gasteiger partial charge on any atom is -0.287 e. The SMILES string of the molecule is CN1O[C@](C)(c2cccnc2)C[C@@H]1c1ccc(-n2cc(Br)cn2)cc1. The number of hydroxylamine groups is 2. The van der Waals surface area contributed by atoms with Crippen molar-refractivity contribution in [3.05, 3.63) is 76.8 Å². The predicted octanol–water partition coefficient (Wildman–Crippen LogP) is 4.25. The van der Waals surface area contributed by atoms with Crippen LogP contribution >= 0.6 is 15.9 Å². The van der Waals surface area contributed by atoms with E-state index in [4.69, 9.17) is 4.84 Å². The summed E-state index contributed by atoms with van der Waals surface area (Å²) in [4.78, 5) is 10.4. The molecule has 0 spiro atoms. The third-order valence-corrected chi connectivity index (χ3v) is 5.14. The predicted molar refractivity (Wildman–Crippen MR) is 99.1 cm³/mol. The van der Waals surface area contributed by atoms with E-state index in [0.29, 0.717) is 0 Å². The summed E-state index contributed by atoms with van der Waals surface area (Å²) in [6.07, 6.45) is 8.28. The second-order valence-corrected chi connectivity index (χ2v) is 7.44. The van der Waals surface area contributed by atoms with Crippen molar-refractivity contribution in [2.45, 2.75) is 25.0 Å². The molecular formula is C19H19BrN4O. The fourth-order valence-corrected chi connectivity index (χ4v) is 3.67. The first-order valence-electron chi connectivity index (χ1n) is 8.18. The molecule has 2 aromatic heterocycles. The fraction of sp³-hybridized carbons (Fsp3) is 0.263. The van der Waals surface area contributed by atoms with Crippen molar-refractivity contribution in [1.29, 1.82) is 0 Å².